The number of nitrogens with zero attached hydrogens (tertiary/aromatic N) is 2. The van der Waals surface area contributed by atoms with E-state index in [4.69, 9.17) is 0 Å². The highest BCUT2D eigenvalue weighted by atomic mass is 16.2. The summed E-state index contributed by atoms with van der Waals surface area (Å²) in [5.74, 6) is -0.722. The molecule has 7 heteroatoms. The molecule has 0 aliphatic carbocycles. The number of carbonyl (C=O) groups excluding carboxylic acids is 3. The number of piperidine rings is 2. The fourth-order valence-corrected chi connectivity index (χ4v) is 5.02. The van der Waals surface area contributed by atoms with Crippen molar-refractivity contribution in [2.24, 2.45) is 0 Å². The highest BCUT2D eigenvalue weighted by Gasteiger charge is 2.40. The molecule has 29 heavy (non-hydrogen) atoms. The summed E-state index contributed by atoms with van der Waals surface area (Å²) in [5, 5.41) is 6.01. The Hall–Kier alpha value is -2.25. The Kier molecular flexibility index (Phi) is 5.44. The molecule has 3 heterocycles. The Labute approximate surface area is 171 Å². The van der Waals surface area contributed by atoms with E-state index in [2.05, 4.69) is 29.5 Å². The number of imide groups is 1. The zero-order chi connectivity index (χ0) is 20.6. The van der Waals surface area contributed by atoms with Gasteiger partial charge in [0.25, 0.3) is 5.91 Å². The normalized spacial score (nSPS) is 27.3. The molecular formula is C22H30N4O3. The average Bonchev–Trinajstić information content (AvgIpc) is 2.99. The molecule has 0 aromatic heterocycles. The molecule has 2 saturated heterocycles. The highest BCUT2D eigenvalue weighted by Crippen LogP contribution is 2.30. The van der Waals surface area contributed by atoms with Crippen LogP contribution in [0, 0.1) is 0 Å². The summed E-state index contributed by atoms with van der Waals surface area (Å²) in [4.78, 5) is 40.8. The number of hydrogen-bond donors (Lipinski definition) is 2. The van der Waals surface area contributed by atoms with Crippen molar-refractivity contribution in [2.45, 2.75) is 63.7 Å². The first-order valence-corrected chi connectivity index (χ1v) is 10.6. The molecule has 4 rings (SSSR count). The minimum atomic E-state index is -0.566. The minimum Gasteiger partial charge on any atom is -0.322 e. The molecule has 1 aromatic carbocycles. The molecule has 0 spiro atoms. The van der Waals surface area contributed by atoms with Crippen LogP contribution in [0.3, 0.4) is 0 Å². The van der Waals surface area contributed by atoms with Gasteiger partial charge in [-0.3, -0.25) is 19.7 Å². The molecule has 0 bridgehead atoms. The Bertz CT molecular complexity index is 831. The van der Waals surface area contributed by atoms with Gasteiger partial charge in [0.2, 0.25) is 11.8 Å². The van der Waals surface area contributed by atoms with Crippen molar-refractivity contribution < 1.29 is 14.4 Å². The van der Waals surface area contributed by atoms with Gasteiger partial charge in [-0.25, -0.2) is 0 Å². The Morgan fingerprint density at radius 1 is 1.24 bits per heavy atom. The molecule has 0 saturated carbocycles. The van der Waals surface area contributed by atoms with E-state index in [9.17, 15) is 14.4 Å². The summed E-state index contributed by atoms with van der Waals surface area (Å²) in [7, 11) is 2.10. The predicted molar refractivity (Wildman–Crippen MR) is 109 cm³/mol. The van der Waals surface area contributed by atoms with Gasteiger partial charge in [-0.2, -0.15) is 0 Å². The molecule has 1 aromatic rings. The standard InChI is InChI=1S/C22H30N4O3/c1-22(10-3-4-11-23-22)14-25(2)12-15-6-5-7-16-13-26(21(29)19(15)16)17-8-9-18(27)24-20(17)28/h5-7,17,23H,3-4,8-14H2,1-2H3,(H,24,27,28). The molecule has 2 unspecified atom stereocenters. The first-order chi connectivity index (χ1) is 13.9. The Balaban J connectivity index is 1.48. The number of hydrogen-bond acceptors (Lipinski definition) is 5. The number of amides is 3. The fourth-order valence-electron chi connectivity index (χ4n) is 5.02. The summed E-state index contributed by atoms with van der Waals surface area (Å²) in [6.07, 6.45) is 4.31. The van der Waals surface area contributed by atoms with Crippen LogP contribution in [0.15, 0.2) is 18.2 Å². The number of nitrogens with one attached hydrogen (secondary N) is 2. The second-order valence-corrected chi connectivity index (χ2v) is 8.97. The SMILES string of the molecule is CN(Cc1cccc2c1C(=O)N(C1CCC(=O)NC1=O)C2)CC1(C)CCCCN1. The molecule has 0 radical (unpaired) electrons. The fraction of sp³-hybridized carbons (Fsp3) is 0.591. The van der Waals surface area contributed by atoms with Gasteiger partial charge in [0.15, 0.2) is 0 Å². The van der Waals surface area contributed by atoms with Gasteiger partial charge in [-0.15, -0.1) is 0 Å². The van der Waals surface area contributed by atoms with Gasteiger partial charge >= 0.3 is 0 Å². The van der Waals surface area contributed by atoms with Gasteiger partial charge in [0.05, 0.1) is 0 Å². The van der Waals surface area contributed by atoms with Crippen LogP contribution in [0.5, 0.6) is 0 Å². The second-order valence-electron chi connectivity index (χ2n) is 8.97. The van der Waals surface area contributed by atoms with E-state index in [1.54, 1.807) is 4.90 Å². The van der Waals surface area contributed by atoms with Crippen LogP contribution in [0.2, 0.25) is 0 Å². The third-order valence-electron chi connectivity index (χ3n) is 6.41. The number of rotatable bonds is 5. The molecule has 3 aliphatic rings. The quantitative estimate of drug-likeness (QED) is 0.733. The summed E-state index contributed by atoms with van der Waals surface area (Å²) in [6, 6.07) is 5.40. The lowest BCUT2D eigenvalue weighted by Gasteiger charge is -2.38. The largest absolute Gasteiger partial charge is 0.322 e. The molecule has 2 N–H and O–H groups in total. The third kappa shape index (κ3) is 4.07. The molecule has 7 nitrogen and oxygen atoms in total. The second kappa shape index (κ2) is 7.88. The zero-order valence-corrected chi connectivity index (χ0v) is 17.3. The van der Waals surface area contributed by atoms with Crippen LogP contribution < -0.4 is 10.6 Å². The van der Waals surface area contributed by atoms with Crippen LogP contribution in [-0.4, -0.2) is 59.2 Å². The van der Waals surface area contributed by atoms with Crippen LogP contribution >= 0.6 is 0 Å². The zero-order valence-electron chi connectivity index (χ0n) is 17.3. The van der Waals surface area contributed by atoms with Crippen LogP contribution in [0.4, 0.5) is 0 Å². The van der Waals surface area contributed by atoms with E-state index in [0.717, 1.165) is 36.2 Å². The molecule has 2 atom stereocenters. The summed E-state index contributed by atoms with van der Waals surface area (Å²) in [6.45, 7) is 5.37. The Morgan fingerprint density at radius 2 is 2.07 bits per heavy atom. The van der Waals surface area contributed by atoms with Crippen LogP contribution in [0.1, 0.15) is 60.5 Å². The van der Waals surface area contributed by atoms with Crippen molar-refractivity contribution in [2.75, 3.05) is 20.1 Å². The lowest BCUT2D eigenvalue weighted by atomic mass is 9.90. The number of likely N-dealkylation sites (N-methyl/N-ethyl adjacent to an activating group) is 1. The lowest BCUT2D eigenvalue weighted by Crippen LogP contribution is -2.53. The van der Waals surface area contributed by atoms with Gasteiger partial charge in [0.1, 0.15) is 6.04 Å². The average molecular weight is 399 g/mol. The van der Waals surface area contributed by atoms with Gasteiger partial charge < -0.3 is 15.1 Å². The van der Waals surface area contributed by atoms with Crippen LogP contribution in [-0.2, 0) is 22.7 Å². The van der Waals surface area contributed by atoms with Gasteiger partial charge in [-0.05, 0) is 50.9 Å². The van der Waals surface area contributed by atoms with Crippen LogP contribution in [0.25, 0.3) is 0 Å². The van der Waals surface area contributed by atoms with E-state index in [0.29, 0.717) is 19.5 Å². The maximum Gasteiger partial charge on any atom is 0.255 e. The van der Waals surface area contributed by atoms with E-state index >= 15 is 0 Å². The smallest absolute Gasteiger partial charge is 0.255 e. The Morgan fingerprint density at radius 3 is 2.79 bits per heavy atom. The summed E-state index contributed by atoms with van der Waals surface area (Å²) in [5.41, 5.74) is 2.80. The lowest BCUT2D eigenvalue weighted by molar-refractivity contribution is -0.136. The molecule has 156 valence electrons. The summed E-state index contributed by atoms with van der Waals surface area (Å²) >= 11 is 0. The van der Waals surface area contributed by atoms with Gasteiger partial charge in [-0.1, -0.05) is 24.6 Å². The van der Waals surface area contributed by atoms with E-state index in [1.807, 2.05) is 18.2 Å². The van der Waals surface area contributed by atoms with E-state index in [-0.39, 0.29) is 29.7 Å². The van der Waals surface area contributed by atoms with E-state index < -0.39 is 6.04 Å². The number of fused-ring (bicyclic) bond motifs is 1. The molecule has 3 aliphatic heterocycles. The van der Waals surface area contributed by atoms with Crippen molar-refractivity contribution in [3.8, 4) is 0 Å². The van der Waals surface area contributed by atoms with Crippen molar-refractivity contribution >= 4 is 17.7 Å². The van der Waals surface area contributed by atoms with Crippen molar-refractivity contribution in [3.63, 3.8) is 0 Å². The molecular weight excluding hydrogens is 368 g/mol. The predicted octanol–water partition coefficient (Wildman–Crippen LogP) is 1.41. The first kappa shape index (κ1) is 20.0. The van der Waals surface area contributed by atoms with E-state index in [1.165, 1.54) is 12.8 Å². The number of benzene rings is 1. The maximum absolute atomic E-state index is 13.2. The topological polar surface area (TPSA) is 81.8 Å². The molecule has 3 amide bonds. The number of carbonyl (C=O) groups is 3. The van der Waals surface area contributed by atoms with Crippen molar-refractivity contribution in [1.29, 1.82) is 0 Å². The van der Waals surface area contributed by atoms with Crippen molar-refractivity contribution in [3.05, 3.63) is 34.9 Å². The maximum atomic E-state index is 13.2. The summed E-state index contributed by atoms with van der Waals surface area (Å²) < 4.78 is 0. The molecule has 2 fully saturated rings. The monoisotopic (exact) mass is 398 g/mol. The first-order valence-electron chi connectivity index (χ1n) is 10.6. The highest BCUT2D eigenvalue weighted by molar-refractivity contribution is 6.05. The van der Waals surface area contributed by atoms with Crippen molar-refractivity contribution in [1.82, 2.24) is 20.4 Å². The minimum absolute atomic E-state index is 0.0968. The van der Waals surface area contributed by atoms with Gasteiger partial charge in [0, 0.05) is 37.2 Å². The third-order valence-corrected chi connectivity index (χ3v) is 6.41.